The number of hydrogen-bond donors (Lipinski definition) is 2. The zero-order chi connectivity index (χ0) is 22.0. The lowest BCUT2D eigenvalue weighted by Crippen LogP contribution is -2.43. The average molecular weight is 431 g/mol. The van der Waals surface area contributed by atoms with Gasteiger partial charge in [0, 0.05) is 19.5 Å². The van der Waals surface area contributed by atoms with E-state index in [-0.39, 0.29) is 42.8 Å². The molecule has 0 bridgehead atoms. The Morgan fingerprint density at radius 3 is 2.10 bits per heavy atom. The van der Waals surface area contributed by atoms with Crippen molar-refractivity contribution in [1.82, 2.24) is 10.6 Å². The number of hydrogen-bond acceptors (Lipinski definition) is 7. The van der Waals surface area contributed by atoms with Crippen molar-refractivity contribution >= 4 is 12.0 Å². The Balaban J connectivity index is 1.76. The van der Waals surface area contributed by atoms with Gasteiger partial charge in [0.2, 0.25) is 5.91 Å². The summed E-state index contributed by atoms with van der Waals surface area (Å²) in [5, 5.41) is 5.85. The lowest BCUT2D eigenvalue weighted by atomic mass is 9.80. The summed E-state index contributed by atoms with van der Waals surface area (Å²) >= 11 is 0. The van der Waals surface area contributed by atoms with Gasteiger partial charge >= 0.3 is 6.09 Å². The van der Waals surface area contributed by atoms with Gasteiger partial charge in [-0.2, -0.15) is 0 Å². The number of rotatable bonds is 16. The van der Waals surface area contributed by atoms with Crippen LogP contribution < -0.4 is 10.6 Å². The molecule has 2 aliphatic rings. The molecule has 0 aromatic heterocycles. The summed E-state index contributed by atoms with van der Waals surface area (Å²) in [6, 6.07) is 0.0779. The first-order chi connectivity index (χ1) is 14.3. The van der Waals surface area contributed by atoms with Crippen molar-refractivity contribution in [1.29, 1.82) is 0 Å². The highest BCUT2D eigenvalue weighted by Gasteiger charge is 2.29. The molecular formula is C21H38N2O7. The fourth-order valence-electron chi connectivity index (χ4n) is 3.11. The Kier molecular flexibility index (Phi) is 10.3. The molecule has 0 spiro atoms. The maximum absolute atomic E-state index is 12.4. The summed E-state index contributed by atoms with van der Waals surface area (Å²) in [4.78, 5) is 23.8. The molecule has 0 radical (unpaired) electrons. The van der Waals surface area contributed by atoms with Crippen LogP contribution in [0.3, 0.4) is 0 Å². The van der Waals surface area contributed by atoms with E-state index in [9.17, 15) is 9.59 Å². The second kappa shape index (κ2) is 12.4. The van der Waals surface area contributed by atoms with E-state index in [1.165, 1.54) is 6.92 Å². The second-order valence-electron chi connectivity index (χ2n) is 8.54. The molecule has 3 unspecified atom stereocenters. The number of epoxide rings is 2. The van der Waals surface area contributed by atoms with Gasteiger partial charge in [-0.1, -0.05) is 20.8 Å². The fraction of sp³-hybridized carbons (Fsp3) is 0.905. The quantitative estimate of drug-likeness (QED) is 0.358. The van der Waals surface area contributed by atoms with Gasteiger partial charge in [-0.05, 0) is 24.7 Å². The molecule has 0 aliphatic carbocycles. The highest BCUT2D eigenvalue weighted by Crippen LogP contribution is 2.27. The van der Waals surface area contributed by atoms with Crippen molar-refractivity contribution in [2.45, 2.75) is 71.3 Å². The van der Waals surface area contributed by atoms with Crippen molar-refractivity contribution in [3.8, 4) is 0 Å². The number of amides is 2. The summed E-state index contributed by atoms with van der Waals surface area (Å²) in [5.41, 5.74) is -0.155. The van der Waals surface area contributed by atoms with Crippen LogP contribution >= 0.6 is 0 Å². The molecule has 4 atom stereocenters. The Labute approximate surface area is 179 Å². The number of nitrogens with one attached hydrogen (secondary N) is 2. The Morgan fingerprint density at radius 1 is 1.10 bits per heavy atom. The molecule has 0 saturated carbocycles. The molecule has 174 valence electrons. The van der Waals surface area contributed by atoms with E-state index in [1.54, 1.807) is 0 Å². The van der Waals surface area contributed by atoms with Crippen molar-refractivity contribution < 1.29 is 33.3 Å². The molecule has 2 fully saturated rings. The fourth-order valence-corrected chi connectivity index (χ4v) is 3.11. The second-order valence-corrected chi connectivity index (χ2v) is 8.54. The third kappa shape index (κ3) is 10.6. The van der Waals surface area contributed by atoms with Crippen LogP contribution in [-0.4, -0.2) is 82.5 Å². The Bertz CT molecular complexity index is 521. The number of ether oxygens (including phenoxy) is 5. The van der Waals surface area contributed by atoms with Gasteiger partial charge in [0.25, 0.3) is 0 Å². The van der Waals surface area contributed by atoms with Gasteiger partial charge in [0.1, 0.15) is 12.2 Å². The molecular weight excluding hydrogens is 392 g/mol. The van der Waals surface area contributed by atoms with Crippen LogP contribution in [0.5, 0.6) is 0 Å². The van der Waals surface area contributed by atoms with Crippen molar-refractivity contribution in [3.63, 3.8) is 0 Å². The number of carbonyl (C=O) groups excluding carboxylic acids is 2. The Morgan fingerprint density at radius 2 is 1.67 bits per heavy atom. The maximum atomic E-state index is 12.4. The normalized spacial score (nSPS) is 23.7. The molecule has 9 nitrogen and oxygen atoms in total. The van der Waals surface area contributed by atoms with Crippen LogP contribution in [0.2, 0.25) is 0 Å². The summed E-state index contributed by atoms with van der Waals surface area (Å²) < 4.78 is 27.0. The van der Waals surface area contributed by atoms with Crippen LogP contribution in [0.15, 0.2) is 0 Å². The van der Waals surface area contributed by atoms with Gasteiger partial charge in [0.05, 0.1) is 39.6 Å². The molecule has 0 aromatic carbocycles. The van der Waals surface area contributed by atoms with Crippen LogP contribution in [0.4, 0.5) is 4.79 Å². The van der Waals surface area contributed by atoms with Crippen LogP contribution in [0, 0.1) is 5.41 Å². The van der Waals surface area contributed by atoms with E-state index in [2.05, 4.69) is 24.5 Å². The highest BCUT2D eigenvalue weighted by molar-refractivity contribution is 5.73. The first kappa shape index (κ1) is 24.8. The highest BCUT2D eigenvalue weighted by atomic mass is 16.6. The zero-order valence-corrected chi connectivity index (χ0v) is 18.7. The van der Waals surface area contributed by atoms with E-state index in [4.69, 9.17) is 23.7 Å². The molecule has 30 heavy (non-hydrogen) atoms. The van der Waals surface area contributed by atoms with E-state index < -0.39 is 12.2 Å². The van der Waals surface area contributed by atoms with E-state index >= 15 is 0 Å². The van der Waals surface area contributed by atoms with Gasteiger partial charge < -0.3 is 34.3 Å². The predicted octanol–water partition coefficient (Wildman–Crippen LogP) is 1.63. The van der Waals surface area contributed by atoms with E-state index in [1.807, 2.05) is 6.92 Å². The number of alkyl carbamates (subject to hydrolysis) is 1. The standard InChI is InChI=1S/C21H38N2O7/c1-5-16(23-15(3)24)7-21(4,6-2)14-22-20(25)30-19(10-26-8-17-12-28-17)11-27-9-18-13-29-18/h16-19H,5-14H2,1-4H3,(H,22,25)(H,23,24)/t16-,17?,18?,19?,21?/m0/s1. The van der Waals surface area contributed by atoms with Gasteiger partial charge in [0.15, 0.2) is 6.10 Å². The molecule has 2 amide bonds. The molecule has 2 saturated heterocycles. The summed E-state index contributed by atoms with van der Waals surface area (Å²) in [6.45, 7) is 11.1. The van der Waals surface area contributed by atoms with E-state index in [0.717, 1.165) is 19.3 Å². The first-order valence-electron chi connectivity index (χ1n) is 10.9. The predicted molar refractivity (Wildman–Crippen MR) is 110 cm³/mol. The summed E-state index contributed by atoms with van der Waals surface area (Å²) in [5.74, 6) is -0.0382. The first-order valence-corrected chi connectivity index (χ1v) is 10.9. The third-order valence-corrected chi connectivity index (χ3v) is 5.45. The molecule has 2 rings (SSSR count). The molecule has 2 aliphatic heterocycles. The minimum atomic E-state index is -0.502. The molecule has 2 heterocycles. The topological polar surface area (TPSA) is 111 Å². The maximum Gasteiger partial charge on any atom is 0.407 e. The largest absolute Gasteiger partial charge is 0.441 e. The summed E-state index contributed by atoms with van der Waals surface area (Å²) in [7, 11) is 0. The average Bonchev–Trinajstić information content (AvgIpc) is 3.61. The van der Waals surface area contributed by atoms with Crippen molar-refractivity contribution in [2.75, 3.05) is 46.2 Å². The zero-order valence-electron chi connectivity index (χ0n) is 18.7. The lowest BCUT2D eigenvalue weighted by molar-refractivity contribution is -0.119. The SMILES string of the molecule is CC[C@@H](CC(C)(CC)CNC(=O)OC(COCC1CO1)COCC1CO1)NC(C)=O. The third-order valence-electron chi connectivity index (χ3n) is 5.45. The summed E-state index contributed by atoms with van der Waals surface area (Å²) in [6.07, 6.45) is 1.79. The van der Waals surface area contributed by atoms with Gasteiger partial charge in [-0.3, -0.25) is 4.79 Å². The molecule has 2 N–H and O–H groups in total. The van der Waals surface area contributed by atoms with Gasteiger partial charge in [-0.15, -0.1) is 0 Å². The minimum absolute atomic E-state index is 0.0382. The van der Waals surface area contributed by atoms with Gasteiger partial charge in [-0.25, -0.2) is 4.79 Å². The van der Waals surface area contributed by atoms with Crippen LogP contribution in [0.25, 0.3) is 0 Å². The monoisotopic (exact) mass is 430 g/mol. The van der Waals surface area contributed by atoms with Crippen molar-refractivity contribution in [3.05, 3.63) is 0 Å². The number of carbonyl (C=O) groups is 2. The molecule has 9 heteroatoms. The minimum Gasteiger partial charge on any atom is -0.441 e. The van der Waals surface area contributed by atoms with Crippen molar-refractivity contribution in [2.24, 2.45) is 5.41 Å². The van der Waals surface area contributed by atoms with Crippen LogP contribution in [-0.2, 0) is 28.5 Å². The smallest absolute Gasteiger partial charge is 0.407 e. The molecule has 0 aromatic rings. The van der Waals surface area contributed by atoms with Crippen LogP contribution in [0.1, 0.15) is 47.0 Å². The Hall–Kier alpha value is -1.42. The van der Waals surface area contributed by atoms with E-state index in [0.29, 0.717) is 33.0 Å². The lowest BCUT2D eigenvalue weighted by Gasteiger charge is -2.32.